The van der Waals surface area contributed by atoms with E-state index in [4.69, 9.17) is 9.47 Å². The smallest absolute Gasteiger partial charge is 0.233 e. The quantitative estimate of drug-likeness (QED) is 0.813. The lowest BCUT2D eigenvalue weighted by molar-refractivity contribution is -0.122. The van der Waals surface area contributed by atoms with Gasteiger partial charge in [-0.15, -0.1) is 0 Å². The summed E-state index contributed by atoms with van der Waals surface area (Å²) in [5.41, 5.74) is 2.37. The monoisotopic (exact) mass is 347 g/mol. The van der Waals surface area contributed by atoms with E-state index in [0.29, 0.717) is 12.6 Å². The van der Waals surface area contributed by atoms with Crippen molar-refractivity contribution < 1.29 is 14.3 Å². The zero-order chi connectivity index (χ0) is 17.8. The number of benzene rings is 1. The molecule has 2 aliphatic rings. The average molecular weight is 347 g/mol. The number of likely N-dealkylation sites (N-methyl/N-ethyl adjacent to an activating group) is 1. The van der Waals surface area contributed by atoms with E-state index in [1.165, 1.54) is 5.56 Å². The molecule has 1 atom stereocenters. The number of hydrogen-bond donors (Lipinski definition) is 2. The summed E-state index contributed by atoms with van der Waals surface area (Å²) >= 11 is 0. The topological polar surface area (TPSA) is 62.8 Å². The highest BCUT2D eigenvalue weighted by Gasteiger charge is 2.23. The van der Waals surface area contributed by atoms with Crippen molar-refractivity contribution >= 4 is 5.91 Å². The molecule has 0 radical (unpaired) electrons. The van der Waals surface area contributed by atoms with Crippen molar-refractivity contribution in [3.8, 4) is 11.5 Å². The number of carbonyl (C=O) groups excluding carboxylic acids is 1. The molecule has 6 nitrogen and oxygen atoms in total. The second kappa shape index (κ2) is 8.06. The third-order valence-electron chi connectivity index (χ3n) is 5.11. The van der Waals surface area contributed by atoms with Crippen LogP contribution in [0.25, 0.3) is 0 Å². The van der Waals surface area contributed by atoms with E-state index < -0.39 is 0 Å². The van der Waals surface area contributed by atoms with Crippen LogP contribution in [0.2, 0.25) is 0 Å². The Bertz CT molecular complexity index is 612. The van der Waals surface area contributed by atoms with Crippen LogP contribution in [0.15, 0.2) is 12.1 Å². The minimum absolute atomic E-state index is 0.0866. The van der Waals surface area contributed by atoms with Gasteiger partial charge in [-0.2, -0.15) is 0 Å². The molecule has 0 unspecified atom stereocenters. The van der Waals surface area contributed by atoms with Crippen LogP contribution < -0.4 is 20.1 Å². The van der Waals surface area contributed by atoms with Crippen molar-refractivity contribution in [2.45, 2.75) is 44.9 Å². The molecule has 2 N–H and O–H groups in total. The van der Waals surface area contributed by atoms with Gasteiger partial charge in [-0.25, -0.2) is 0 Å². The van der Waals surface area contributed by atoms with Gasteiger partial charge in [-0.1, -0.05) is 0 Å². The van der Waals surface area contributed by atoms with E-state index >= 15 is 0 Å². The van der Waals surface area contributed by atoms with Crippen molar-refractivity contribution in [2.75, 3.05) is 33.8 Å². The SMILES string of the molecule is CNC(=O)CN1CCC(NCc2cc3c(cc2OC)C[C@@H](C)O3)CC1. The molecule has 6 heteroatoms. The lowest BCUT2D eigenvalue weighted by atomic mass is 10.0. The molecule has 1 amide bonds. The number of likely N-dealkylation sites (tertiary alicyclic amines) is 1. The Morgan fingerprint density at radius 2 is 2.12 bits per heavy atom. The van der Waals surface area contributed by atoms with Gasteiger partial charge in [0.25, 0.3) is 0 Å². The Kier molecular flexibility index (Phi) is 5.81. The van der Waals surface area contributed by atoms with Gasteiger partial charge in [0.05, 0.1) is 13.7 Å². The van der Waals surface area contributed by atoms with Crippen LogP contribution in [0.4, 0.5) is 0 Å². The lowest BCUT2D eigenvalue weighted by Gasteiger charge is -2.32. The highest BCUT2D eigenvalue weighted by molar-refractivity contribution is 5.77. The first-order valence-electron chi connectivity index (χ1n) is 9.11. The Balaban J connectivity index is 1.53. The van der Waals surface area contributed by atoms with Crippen LogP contribution in [0.3, 0.4) is 0 Å². The zero-order valence-electron chi connectivity index (χ0n) is 15.4. The number of ether oxygens (including phenoxy) is 2. The summed E-state index contributed by atoms with van der Waals surface area (Å²) in [5.74, 6) is 2.01. The van der Waals surface area contributed by atoms with Gasteiger partial charge in [0.15, 0.2) is 0 Å². The third kappa shape index (κ3) is 4.44. The Morgan fingerprint density at radius 1 is 1.36 bits per heavy atom. The molecule has 3 rings (SSSR count). The number of hydrogen-bond acceptors (Lipinski definition) is 5. The van der Waals surface area contributed by atoms with Crippen molar-refractivity contribution in [3.05, 3.63) is 23.3 Å². The number of nitrogens with one attached hydrogen (secondary N) is 2. The van der Waals surface area contributed by atoms with Crippen molar-refractivity contribution in [1.82, 2.24) is 15.5 Å². The van der Waals surface area contributed by atoms with E-state index in [2.05, 4.69) is 34.6 Å². The summed E-state index contributed by atoms with van der Waals surface area (Å²) in [7, 11) is 3.41. The molecule has 0 aromatic heterocycles. The van der Waals surface area contributed by atoms with E-state index in [9.17, 15) is 4.79 Å². The first kappa shape index (κ1) is 18.0. The van der Waals surface area contributed by atoms with Crippen LogP contribution >= 0.6 is 0 Å². The summed E-state index contributed by atoms with van der Waals surface area (Å²) in [6, 6.07) is 4.70. The molecule has 2 aliphatic heterocycles. The number of nitrogens with zero attached hydrogens (tertiary/aromatic N) is 1. The number of rotatable bonds is 6. The van der Waals surface area contributed by atoms with Crippen LogP contribution in [-0.2, 0) is 17.8 Å². The van der Waals surface area contributed by atoms with Gasteiger partial charge in [-0.3, -0.25) is 9.69 Å². The fourth-order valence-corrected chi connectivity index (χ4v) is 3.64. The van der Waals surface area contributed by atoms with Crippen molar-refractivity contribution in [3.63, 3.8) is 0 Å². The minimum atomic E-state index is 0.0866. The summed E-state index contributed by atoms with van der Waals surface area (Å²) < 4.78 is 11.4. The summed E-state index contributed by atoms with van der Waals surface area (Å²) in [6.45, 7) is 5.27. The molecule has 1 saturated heterocycles. The average Bonchev–Trinajstić information content (AvgIpc) is 2.98. The van der Waals surface area contributed by atoms with E-state index in [1.807, 2.05) is 0 Å². The van der Waals surface area contributed by atoms with Crippen LogP contribution in [0, 0.1) is 0 Å². The second-order valence-electron chi connectivity index (χ2n) is 7.01. The van der Waals surface area contributed by atoms with Crippen LogP contribution in [-0.4, -0.2) is 56.7 Å². The highest BCUT2D eigenvalue weighted by Crippen LogP contribution is 2.35. The fourth-order valence-electron chi connectivity index (χ4n) is 3.64. The predicted molar refractivity (Wildman–Crippen MR) is 97.2 cm³/mol. The van der Waals surface area contributed by atoms with Gasteiger partial charge >= 0.3 is 0 Å². The zero-order valence-corrected chi connectivity index (χ0v) is 15.4. The number of carbonyl (C=O) groups is 1. The number of fused-ring (bicyclic) bond motifs is 1. The molecule has 0 saturated carbocycles. The Labute approximate surface area is 149 Å². The van der Waals surface area contributed by atoms with Crippen LogP contribution in [0.5, 0.6) is 11.5 Å². The second-order valence-corrected chi connectivity index (χ2v) is 7.01. The summed E-state index contributed by atoms with van der Waals surface area (Å²) in [5, 5.41) is 6.32. The maximum Gasteiger partial charge on any atom is 0.233 e. The Hall–Kier alpha value is -1.79. The summed E-state index contributed by atoms with van der Waals surface area (Å²) in [6.07, 6.45) is 3.30. The number of methoxy groups -OCH3 is 1. The van der Waals surface area contributed by atoms with Crippen molar-refractivity contribution in [1.29, 1.82) is 0 Å². The van der Waals surface area contributed by atoms with Gasteiger partial charge in [0.1, 0.15) is 17.6 Å². The fraction of sp³-hybridized carbons (Fsp3) is 0.632. The van der Waals surface area contributed by atoms with Gasteiger partial charge < -0.3 is 20.1 Å². The molecule has 138 valence electrons. The molecule has 2 heterocycles. The molecule has 1 aromatic carbocycles. The maximum absolute atomic E-state index is 11.5. The Morgan fingerprint density at radius 3 is 2.80 bits per heavy atom. The predicted octanol–water partition coefficient (Wildman–Crippen LogP) is 1.32. The first-order valence-corrected chi connectivity index (χ1v) is 9.11. The largest absolute Gasteiger partial charge is 0.496 e. The van der Waals surface area contributed by atoms with Gasteiger partial charge in [0.2, 0.25) is 5.91 Å². The highest BCUT2D eigenvalue weighted by atomic mass is 16.5. The lowest BCUT2D eigenvalue weighted by Crippen LogP contribution is -2.45. The van der Waals surface area contributed by atoms with Crippen molar-refractivity contribution in [2.24, 2.45) is 0 Å². The van der Waals surface area contributed by atoms with Gasteiger partial charge in [-0.05, 0) is 31.9 Å². The standard InChI is InChI=1S/C19H29N3O3/c1-13-8-14-9-17(24-3)15(10-18(14)25-13)11-21-16-4-6-22(7-5-16)12-19(23)20-2/h9-10,13,16,21H,4-8,11-12H2,1-3H3,(H,20,23)/t13-/m1/s1. The molecular formula is C19H29N3O3. The third-order valence-corrected chi connectivity index (χ3v) is 5.11. The first-order chi connectivity index (χ1) is 12.1. The van der Waals surface area contributed by atoms with Crippen LogP contribution in [0.1, 0.15) is 30.9 Å². The van der Waals surface area contributed by atoms with E-state index in [1.54, 1.807) is 14.2 Å². The van der Waals surface area contributed by atoms with E-state index in [-0.39, 0.29) is 12.0 Å². The maximum atomic E-state index is 11.5. The molecule has 1 aromatic rings. The normalized spacial score (nSPS) is 20.8. The molecular weight excluding hydrogens is 318 g/mol. The molecule has 0 spiro atoms. The van der Waals surface area contributed by atoms with Gasteiger partial charge in [0, 0.05) is 50.3 Å². The van der Waals surface area contributed by atoms with E-state index in [0.717, 1.165) is 56.0 Å². The number of piperidine rings is 1. The molecule has 0 aliphatic carbocycles. The number of amides is 1. The molecule has 0 bridgehead atoms. The molecule has 1 fully saturated rings. The summed E-state index contributed by atoms with van der Waals surface area (Å²) in [4.78, 5) is 13.7. The minimum Gasteiger partial charge on any atom is -0.496 e. The molecule has 25 heavy (non-hydrogen) atoms.